The molecule has 1 heterocycles. The number of hydrogen-bond donors (Lipinski definition) is 1. The van der Waals surface area contributed by atoms with E-state index in [4.69, 9.17) is 9.84 Å². The highest BCUT2D eigenvalue weighted by atomic mass is 16.6. The second-order valence-corrected chi connectivity index (χ2v) is 6.47. The quantitative estimate of drug-likeness (QED) is 0.329. The largest absolute Gasteiger partial charge is 0.481 e. The molecule has 21 heavy (non-hydrogen) atoms. The average Bonchev–Trinajstić information content (AvgIpc) is 3.20. The van der Waals surface area contributed by atoms with Gasteiger partial charge in [-0.05, 0) is 19.3 Å². The van der Waals surface area contributed by atoms with E-state index in [1.165, 1.54) is 70.6 Å². The van der Waals surface area contributed by atoms with Gasteiger partial charge in [0.15, 0.2) is 0 Å². The van der Waals surface area contributed by atoms with E-state index in [-0.39, 0.29) is 0 Å². The molecule has 124 valence electrons. The highest BCUT2D eigenvalue weighted by molar-refractivity contribution is 5.66. The summed E-state index contributed by atoms with van der Waals surface area (Å²) in [5.41, 5.74) is 0. The molecule has 0 bridgehead atoms. The molecule has 1 N–H and O–H groups in total. The van der Waals surface area contributed by atoms with Gasteiger partial charge in [-0.1, -0.05) is 71.1 Å². The first kappa shape index (κ1) is 18.5. The van der Waals surface area contributed by atoms with Gasteiger partial charge in [-0.25, -0.2) is 0 Å². The fourth-order valence-corrected chi connectivity index (χ4v) is 2.96. The lowest BCUT2D eigenvalue weighted by Crippen LogP contribution is -1.95. The summed E-state index contributed by atoms with van der Waals surface area (Å²) in [6.45, 7) is 2.26. The van der Waals surface area contributed by atoms with Crippen molar-refractivity contribution in [2.24, 2.45) is 0 Å². The summed E-state index contributed by atoms with van der Waals surface area (Å²) in [6, 6.07) is 0. The molecule has 0 amide bonds. The number of hydrogen-bond acceptors (Lipinski definition) is 2. The van der Waals surface area contributed by atoms with Crippen molar-refractivity contribution in [3.63, 3.8) is 0 Å². The van der Waals surface area contributed by atoms with Crippen molar-refractivity contribution in [1.82, 2.24) is 0 Å². The molecule has 0 aromatic rings. The van der Waals surface area contributed by atoms with Crippen LogP contribution in [0.4, 0.5) is 0 Å². The zero-order valence-electron chi connectivity index (χ0n) is 13.8. The van der Waals surface area contributed by atoms with Gasteiger partial charge in [0.2, 0.25) is 0 Å². The van der Waals surface area contributed by atoms with E-state index in [2.05, 4.69) is 6.92 Å². The Kier molecular flexibility index (Phi) is 10.6. The molecule has 0 aromatic carbocycles. The van der Waals surface area contributed by atoms with Gasteiger partial charge in [0.05, 0.1) is 12.2 Å². The molecule has 1 fully saturated rings. The normalized spacial score (nSPS) is 20.6. The fourth-order valence-electron chi connectivity index (χ4n) is 2.96. The van der Waals surface area contributed by atoms with Crippen LogP contribution in [0.2, 0.25) is 0 Å². The van der Waals surface area contributed by atoms with E-state index < -0.39 is 5.97 Å². The van der Waals surface area contributed by atoms with Crippen LogP contribution in [0.25, 0.3) is 0 Å². The van der Waals surface area contributed by atoms with E-state index in [0.29, 0.717) is 18.6 Å². The molecular weight excluding hydrogens is 264 g/mol. The van der Waals surface area contributed by atoms with Crippen LogP contribution in [0.1, 0.15) is 96.8 Å². The molecule has 3 heteroatoms. The third kappa shape index (κ3) is 10.8. The smallest absolute Gasteiger partial charge is 0.303 e. The number of carboxylic acids is 1. The molecular formula is C18H34O3. The van der Waals surface area contributed by atoms with Gasteiger partial charge in [0.25, 0.3) is 0 Å². The molecule has 1 rings (SSSR count). The number of unbranched alkanes of at least 4 members (excludes halogenated alkanes) is 9. The second kappa shape index (κ2) is 12.0. The van der Waals surface area contributed by atoms with Gasteiger partial charge in [-0.15, -0.1) is 0 Å². The molecule has 1 aliphatic heterocycles. The van der Waals surface area contributed by atoms with Crippen molar-refractivity contribution in [3.8, 4) is 0 Å². The molecule has 3 nitrogen and oxygen atoms in total. The maximum atomic E-state index is 10.4. The summed E-state index contributed by atoms with van der Waals surface area (Å²) in [7, 11) is 0. The molecule has 0 aliphatic carbocycles. The van der Waals surface area contributed by atoms with Crippen LogP contribution >= 0.6 is 0 Å². The third-order valence-corrected chi connectivity index (χ3v) is 4.41. The van der Waals surface area contributed by atoms with Crippen LogP contribution in [0.3, 0.4) is 0 Å². The Bertz CT molecular complexity index is 265. The molecule has 1 saturated heterocycles. The van der Waals surface area contributed by atoms with Crippen LogP contribution in [0, 0.1) is 0 Å². The third-order valence-electron chi connectivity index (χ3n) is 4.41. The zero-order valence-corrected chi connectivity index (χ0v) is 13.8. The Morgan fingerprint density at radius 2 is 1.29 bits per heavy atom. The van der Waals surface area contributed by atoms with Crippen LogP contribution in [0.5, 0.6) is 0 Å². The summed E-state index contributed by atoms with van der Waals surface area (Å²) in [5, 5.41) is 8.54. The summed E-state index contributed by atoms with van der Waals surface area (Å²) >= 11 is 0. The van der Waals surface area contributed by atoms with Gasteiger partial charge in [0, 0.05) is 6.42 Å². The Balaban J connectivity index is 1.77. The van der Waals surface area contributed by atoms with E-state index >= 15 is 0 Å². The Morgan fingerprint density at radius 3 is 1.81 bits per heavy atom. The van der Waals surface area contributed by atoms with Gasteiger partial charge in [0.1, 0.15) is 0 Å². The van der Waals surface area contributed by atoms with Crippen molar-refractivity contribution < 1.29 is 14.6 Å². The lowest BCUT2D eigenvalue weighted by molar-refractivity contribution is -0.137. The van der Waals surface area contributed by atoms with Crippen molar-refractivity contribution >= 4 is 5.97 Å². The van der Waals surface area contributed by atoms with Gasteiger partial charge >= 0.3 is 5.97 Å². The average molecular weight is 298 g/mol. The maximum absolute atomic E-state index is 10.4. The van der Waals surface area contributed by atoms with Gasteiger partial charge < -0.3 is 9.84 Å². The first-order valence-electron chi connectivity index (χ1n) is 9.11. The lowest BCUT2D eigenvalue weighted by atomic mass is 10.0. The minimum Gasteiger partial charge on any atom is -0.481 e. The predicted molar refractivity (Wildman–Crippen MR) is 86.6 cm³/mol. The van der Waals surface area contributed by atoms with Crippen LogP contribution in [-0.4, -0.2) is 23.3 Å². The fraction of sp³-hybridized carbons (Fsp3) is 0.944. The Hall–Kier alpha value is -0.570. The predicted octanol–water partition coefficient (Wildman–Crippen LogP) is 5.32. The lowest BCUT2D eigenvalue weighted by Gasteiger charge is -2.00. The highest BCUT2D eigenvalue weighted by Gasteiger charge is 2.36. The second-order valence-electron chi connectivity index (χ2n) is 6.47. The number of rotatable bonds is 15. The Labute approximate surface area is 130 Å². The topological polar surface area (TPSA) is 49.8 Å². The minimum atomic E-state index is -0.668. The minimum absolute atomic E-state index is 0.325. The highest BCUT2D eigenvalue weighted by Crippen LogP contribution is 2.31. The Morgan fingerprint density at radius 1 is 0.810 bits per heavy atom. The molecule has 1 aliphatic rings. The van der Waals surface area contributed by atoms with Crippen molar-refractivity contribution in [2.45, 2.75) is 109 Å². The SMILES string of the molecule is CCCCCCCC[C@@H]1O[C@H]1CCCCCCCC(=O)O. The molecule has 0 saturated carbocycles. The molecule has 0 aromatic heterocycles. The van der Waals surface area contributed by atoms with Crippen molar-refractivity contribution in [3.05, 3.63) is 0 Å². The molecule has 2 atom stereocenters. The summed E-state index contributed by atoms with van der Waals surface area (Å²) < 4.78 is 5.73. The van der Waals surface area contributed by atoms with E-state index in [9.17, 15) is 4.79 Å². The molecule has 0 spiro atoms. The van der Waals surface area contributed by atoms with Crippen LogP contribution in [0.15, 0.2) is 0 Å². The van der Waals surface area contributed by atoms with E-state index in [1.54, 1.807) is 0 Å². The standard InChI is InChI=1S/C18H34O3/c1-2-3-4-5-7-10-13-16-17(21-16)14-11-8-6-9-12-15-18(19)20/h16-17H,2-15H2,1H3,(H,19,20)/t16-,17-/m0/s1. The van der Waals surface area contributed by atoms with E-state index in [0.717, 1.165) is 12.8 Å². The first-order valence-corrected chi connectivity index (χ1v) is 9.11. The van der Waals surface area contributed by atoms with Gasteiger partial charge in [-0.3, -0.25) is 4.79 Å². The summed E-state index contributed by atoms with van der Waals surface area (Å²) in [5.74, 6) is -0.668. The van der Waals surface area contributed by atoms with Crippen molar-refractivity contribution in [1.29, 1.82) is 0 Å². The molecule has 0 radical (unpaired) electrons. The molecule has 0 unspecified atom stereocenters. The number of carbonyl (C=O) groups is 1. The van der Waals surface area contributed by atoms with Crippen LogP contribution in [-0.2, 0) is 9.53 Å². The summed E-state index contributed by atoms with van der Waals surface area (Å²) in [4.78, 5) is 10.4. The maximum Gasteiger partial charge on any atom is 0.303 e. The van der Waals surface area contributed by atoms with Gasteiger partial charge in [-0.2, -0.15) is 0 Å². The van der Waals surface area contributed by atoms with Crippen LogP contribution < -0.4 is 0 Å². The zero-order chi connectivity index (χ0) is 15.3. The van der Waals surface area contributed by atoms with E-state index in [1.807, 2.05) is 0 Å². The number of aliphatic carboxylic acids is 1. The number of carboxylic acid groups (broad SMARTS) is 1. The number of ether oxygens (including phenoxy) is 1. The first-order chi connectivity index (χ1) is 10.2. The monoisotopic (exact) mass is 298 g/mol. The number of epoxide rings is 1. The summed E-state index contributed by atoms with van der Waals surface area (Å²) in [6.07, 6.45) is 17.6. The van der Waals surface area contributed by atoms with Crippen molar-refractivity contribution in [2.75, 3.05) is 0 Å².